The standard InChI is InChI=1S/C32H59N3O7/c1-12-15-35-18-23(19-35)25-22(4)41-30(38)31(5,6)27(37)21(3)28(32(7,39-11)14-13-16-34(25)10)42-29-26(36)24(33(8)9)17-20(2)40-29/h20-26,28-29,36H,12-19H2,1-11H3/t20-,21+,22-,24+,25+,26-,28-,29+,32-/m1/s1. The van der Waals surface area contributed by atoms with Crippen LogP contribution >= 0.6 is 0 Å². The number of carbonyl (C=O) groups is 2. The van der Waals surface area contributed by atoms with Crippen LogP contribution in [0.25, 0.3) is 0 Å². The third kappa shape index (κ3) is 7.56. The number of hydrogen-bond acceptors (Lipinski definition) is 10. The highest BCUT2D eigenvalue weighted by Gasteiger charge is 2.52. The van der Waals surface area contributed by atoms with Crippen LogP contribution in [0.4, 0.5) is 0 Å². The number of ketones is 1. The first kappa shape index (κ1) is 35.3. The fourth-order valence-electron chi connectivity index (χ4n) is 7.40. The summed E-state index contributed by atoms with van der Waals surface area (Å²) in [7, 11) is 7.59. The highest BCUT2D eigenvalue weighted by Crippen LogP contribution is 2.38. The molecule has 0 spiro atoms. The molecular formula is C32H59N3O7. The average molecular weight is 598 g/mol. The van der Waals surface area contributed by atoms with Crippen molar-refractivity contribution in [2.24, 2.45) is 17.3 Å². The van der Waals surface area contributed by atoms with Crippen LogP contribution in [0, 0.1) is 17.3 Å². The van der Waals surface area contributed by atoms with E-state index in [1.165, 1.54) is 0 Å². The van der Waals surface area contributed by atoms with E-state index < -0.39 is 41.4 Å². The second-order valence-electron chi connectivity index (χ2n) is 14.1. The predicted molar refractivity (Wildman–Crippen MR) is 162 cm³/mol. The highest BCUT2D eigenvalue weighted by atomic mass is 16.7. The number of methoxy groups -OCH3 is 1. The van der Waals surface area contributed by atoms with E-state index in [1.807, 2.05) is 39.8 Å². The minimum atomic E-state index is -1.40. The first-order chi connectivity index (χ1) is 19.6. The van der Waals surface area contributed by atoms with Crippen molar-refractivity contribution in [3.63, 3.8) is 0 Å². The Kier molecular flexibility index (Phi) is 12.0. The molecule has 3 fully saturated rings. The van der Waals surface area contributed by atoms with Gasteiger partial charge in [0.25, 0.3) is 0 Å². The van der Waals surface area contributed by atoms with Crippen LogP contribution in [0.5, 0.6) is 0 Å². The first-order valence-electron chi connectivity index (χ1n) is 16.0. The van der Waals surface area contributed by atoms with E-state index in [9.17, 15) is 14.7 Å². The molecule has 3 saturated heterocycles. The molecule has 0 radical (unpaired) electrons. The van der Waals surface area contributed by atoms with Crippen molar-refractivity contribution < 1.29 is 33.6 Å². The van der Waals surface area contributed by atoms with E-state index in [0.29, 0.717) is 18.8 Å². The summed E-state index contributed by atoms with van der Waals surface area (Å²) in [6, 6.07) is -0.117. The van der Waals surface area contributed by atoms with Gasteiger partial charge in [-0.2, -0.15) is 0 Å². The third-order valence-electron chi connectivity index (χ3n) is 10.1. The Morgan fingerprint density at radius 2 is 1.76 bits per heavy atom. The normalized spacial score (nSPS) is 40.1. The Hall–Kier alpha value is -1.14. The number of hydrogen-bond donors (Lipinski definition) is 1. The molecule has 0 amide bonds. The van der Waals surface area contributed by atoms with Crippen molar-refractivity contribution in [3.8, 4) is 0 Å². The molecule has 1 N–H and O–H groups in total. The second-order valence-corrected chi connectivity index (χ2v) is 14.1. The number of rotatable bonds is 7. The molecule has 42 heavy (non-hydrogen) atoms. The van der Waals surface area contributed by atoms with Crippen LogP contribution in [-0.4, -0.2) is 134 Å². The summed E-state index contributed by atoms with van der Waals surface area (Å²) in [5, 5.41) is 11.3. The van der Waals surface area contributed by atoms with Gasteiger partial charge in [-0.3, -0.25) is 14.5 Å². The topological polar surface area (TPSA) is 101 Å². The van der Waals surface area contributed by atoms with Crippen molar-refractivity contribution in [3.05, 3.63) is 0 Å². The van der Waals surface area contributed by atoms with Crippen LogP contribution < -0.4 is 0 Å². The number of nitrogens with zero attached hydrogens (tertiary/aromatic N) is 3. The lowest BCUT2D eigenvalue weighted by Crippen LogP contribution is -2.60. The van der Waals surface area contributed by atoms with Crippen molar-refractivity contribution in [1.82, 2.24) is 14.7 Å². The van der Waals surface area contributed by atoms with Crippen molar-refractivity contribution in [2.45, 2.75) is 123 Å². The van der Waals surface area contributed by atoms with Crippen molar-refractivity contribution in [1.29, 1.82) is 0 Å². The van der Waals surface area contributed by atoms with Crippen LogP contribution in [0.3, 0.4) is 0 Å². The lowest BCUT2D eigenvalue weighted by Gasteiger charge is -2.48. The lowest BCUT2D eigenvalue weighted by molar-refractivity contribution is -0.295. The maximum Gasteiger partial charge on any atom is 0.319 e. The molecule has 0 bridgehead atoms. The number of carbonyl (C=O) groups excluding carboxylic acids is 2. The van der Waals surface area contributed by atoms with Gasteiger partial charge >= 0.3 is 5.97 Å². The summed E-state index contributed by atoms with van der Waals surface area (Å²) in [6.07, 6.45) is 0.0482. The van der Waals surface area contributed by atoms with E-state index in [4.69, 9.17) is 18.9 Å². The Labute approximate surface area is 254 Å². The molecule has 3 heterocycles. The average Bonchev–Trinajstić information content (AvgIpc) is 2.90. The number of aliphatic hydroxyl groups excluding tert-OH is 1. The van der Waals surface area contributed by atoms with Gasteiger partial charge in [-0.05, 0) is 94.5 Å². The monoisotopic (exact) mass is 597 g/mol. The van der Waals surface area contributed by atoms with E-state index in [1.54, 1.807) is 27.9 Å². The highest BCUT2D eigenvalue weighted by molar-refractivity contribution is 6.04. The zero-order chi connectivity index (χ0) is 31.6. The Balaban J connectivity index is 1.94. The first-order valence-corrected chi connectivity index (χ1v) is 16.0. The number of aliphatic hydroxyl groups is 1. The van der Waals surface area contributed by atoms with Crippen LogP contribution in [0.1, 0.15) is 74.1 Å². The van der Waals surface area contributed by atoms with Crippen molar-refractivity contribution in [2.75, 3.05) is 54.4 Å². The minimum Gasteiger partial charge on any atom is -0.460 e. The molecule has 0 saturated carbocycles. The largest absolute Gasteiger partial charge is 0.460 e. The van der Waals surface area contributed by atoms with Gasteiger partial charge in [-0.25, -0.2) is 0 Å². The molecule has 0 aromatic rings. The second kappa shape index (κ2) is 14.3. The molecule has 3 aliphatic rings. The summed E-state index contributed by atoms with van der Waals surface area (Å²) >= 11 is 0. The minimum absolute atomic E-state index is 0.0437. The third-order valence-corrected chi connectivity index (χ3v) is 10.1. The molecule has 3 aliphatic heterocycles. The van der Waals surface area contributed by atoms with Gasteiger partial charge in [0, 0.05) is 38.1 Å². The van der Waals surface area contributed by atoms with Crippen LogP contribution in [0.15, 0.2) is 0 Å². The zero-order valence-corrected chi connectivity index (χ0v) is 28.1. The quantitative estimate of drug-likeness (QED) is 0.348. The summed E-state index contributed by atoms with van der Waals surface area (Å²) in [5.41, 5.74) is -2.28. The molecule has 10 heteroatoms. The SMILES string of the molecule is CCCN1CC([C@@H]2[C@@H](C)OC(=O)C(C)(C)C(=O)[C@H](C)[C@@H](O[C@@H]3O[C@H](C)C[C@H](N(C)C)[C@H]3O)[C@](C)(OC)CCCN2C)C1. The number of cyclic esters (lactones) is 1. The predicted octanol–water partition coefficient (Wildman–Crippen LogP) is 2.80. The molecule has 0 unspecified atom stereocenters. The van der Waals surface area contributed by atoms with E-state index >= 15 is 0 Å². The summed E-state index contributed by atoms with van der Waals surface area (Å²) in [4.78, 5) is 34.6. The van der Waals surface area contributed by atoms with Gasteiger partial charge in [0.1, 0.15) is 17.6 Å². The Morgan fingerprint density at radius 1 is 1.12 bits per heavy atom. The molecular weight excluding hydrogens is 538 g/mol. The van der Waals surface area contributed by atoms with E-state index in [0.717, 1.165) is 39.0 Å². The maximum atomic E-state index is 14.2. The van der Waals surface area contributed by atoms with Crippen molar-refractivity contribution >= 4 is 11.8 Å². The maximum absolute atomic E-state index is 14.2. The molecule has 0 aromatic carbocycles. The van der Waals surface area contributed by atoms with Gasteiger partial charge in [0.15, 0.2) is 12.1 Å². The van der Waals surface area contributed by atoms with E-state index in [-0.39, 0.29) is 30.1 Å². The van der Waals surface area contributed by atoms with Gasteiger partial charge in [-0.15, -0.1) is 0 Å². The number of Topliss-reactive ketones (excluding diaryl/α,β-unsaturated/α-hetero) is 1. The fraction of sp³-hybridized carbons (Fsp3) is 0.938. The van der Waals surface area contributed by atoms with Crippen LogP contribution in [0.2, 0.25) is 0 Å². The number of esters is 1. The Morgan fingerprint density at radius 3 is 2.33 bits per heavy atom. The molecule has 10 nitrogen and oxygen atoms in total. The molecule has 244 valence electrons. The summed E-state index contributed by atoms with van der Waals surface area (Å²) < 4.78 is 25.0. The Bertz CT molecular complexity index is 911. The van der Waals surface area contributed by atoms with Gasteiger partial charge < -0.3 is 33.9 Å². The number of likely N-dealkylation sites (tertiary alicyclic amines) is 1. The van der Waals surface area contributed by atoms with Gasteiger partial charge in [0.05, 0.1) is 23.9 Å². The number of ether oxygens (including phenoxy) is 4. The van der Waals surface area contributed by atoms with E-state index in [2.05, 4.69) is 23.8 Å². The molecule has 0 aliphatic carbocycles. The summed E-state index contributed by atoms with van der Waals surface area (Å²) in [5.74, 6) is -1.16. The summed E-state index contributed by atoms with van der Waals surface area (Å²) in [6.45, 7) is 16.9. The molecule has 3 rings (SSSR count). The van der Waals surface area contributed by atoms with Gasteiger partial charge in [0.2, 0.25) is 0 Å². The zero-order valence-electron chi connectivity index (χ0n) is 28.1. The molecule has 9 atom stereocenters. The molecule has 0 aromatic heterocycles. The number of likely N-dealkylation sites (N-methyl/N-ethyl adjacent to an activating group) is 2. The smallest absolute Gasteiger partial charge is 0.319 e. The lowest BCUT2D eigenvalue weighted by atomic mass is 9.75. The van der Waals surface area contributed by atoms with Crippen LogP contribution in [-0.2, 0) is 28.5 Å². The van der Waals surface area contributed by atoms with Gasteiger partial charge in [-0.1, -0.05) is 13.8 Å². The fourth-order valence-corrected chi connectivity index (χ4v) is 7.40.